The number of carbonyl (C=O) groups is 4. The number of carboxylic acid groups (broad SMARTS) is 2. The van der Waals surface area contributed by atoms with E-state index in [0.29, 0.717) is 24.3 Å². The molecule has 7 rings (SSSR count). The second-order valence-corrected chi connectivity index (χ2v) is 16.9. The lowest BCUT2D eigenvalue weighted by molar-refractivity contribution is 0.0673. The Morgan fingerprint density at radius 2 is 0.887 bits per heavy atom. The molecule has 0 saturated carbocycles. The average molecular weight is 1030 g/mol. The molecule has 0 atom stereocenters. The van der Waals surface area contributed by atoms with Gasteiger partial charge in [0.1, 0.15) is 43.7 Å². The standard InChI is InChI=1S/C41H20F6N6O16S2/c42-20-11-22(32(46)28(30(20)44)40(59)60)50-52-34-26(70(63,64)65)7-13-5-15(1-3-18(13)36(34)55)48-38(57)24-9-17(54)10-25(69-24)39(58)49-16-2-4-19-14(6-16)8-27(71(66,67)68)35(37(19)56)53-51-23-12-21(43)31(45)29(33(23)47)41(61)62/h1-12,55-56H,(H,48,57)(H,49,58)(H,59,60)(H,61,62)(H,63,64,65)(H,66,67,68). The van der Waals surface area contributed by atoms with E-state index in [2.05, 4.69) is 31.1 Å². The number of aromatic carboxylic acids is 2. The number of rotatable bonds is 12. The van der Waals surface area contributed by atoms with Gasteiger partial charge in [-0.3, -0.25) is 23.5 Å². The number of nitrogens with one attached hydrogen (secondary N) is 2. The fourth-order valence-electron chi connectivity index (χ4n) is 6.44. The minimum Gasteiger partial charge on any atom is -0.505 e. The van der Waals surface area contributed by atoms with Gasteiger partial charge < -0.3 is 35.5 Å². The molecular weight excluding hydrogens is 1010 g/mol. The molecule has 0 fully saturated rings. The van der Waals surface area contributed by atoms with Gasteiger partial charge in [0.15, 0.2) is 63.4 Å². The third kappa shape index (κ3) is 9.78. The predicted molar refractivity (Wildman–Crippen MR) is 227 cm³/mol. The molecule has 71 heavy (non-hydrogen) atoms. The molecule has 22 nitrogen and oxygen atoms in total. The van der Waals surface area contributed by atoms with Crippen molar-refractivity contribution in [1.82, 2.24) is 0 Å². The molecule has 364 valence electrons. The summed E-state index contributed by atoms with van der Waals surface area (Å²) < 4.78 is 160. The number of halogens is 6. The van der Waals surface area contributed by atoms with Gasteiger partial charge >= 0.3 is 11.9 Å². The third-order valence-electron chi connectivity index (χ3n) is 9.60. The number of phenols is 2. The van der Waals surface area contributed by atoms with Crippen LogP contribution in [0.2, 0.25) is 0 Å². The summed E-state index contributed by atoms with van der Waals surface area (Å²) in [4.78, 5) is 59.3. The van der Waals surface area contributed by atoms with Crippen molar-refractivity contribution in [2.45, 2.75) is 9.79 Å². The number of nitrogens with zero attached hydrogens (tertiary/aromatic N) is 4. The lowest BCUT2D eigenvalue weighted by Crippen LogP contribution is -2.19. The van der Waals surface area contributed by atoms with Gasteiger partial charge in [-0.05, 0) is 59.3 Å². The summed E-state index contributed by atoms with van der Waals surface area (Å²) in [5, 5.41) is 56.5. The minimum atomic E-state index is -5.36. The summed E-state index contributed by atoms with van der Waals surface area (Å²) in [6, 6.07) is 9.02. The molecule has 1 aromatic heterocycles. The summed E-state index contributed by atoms with van der Waals surface area (Å²) in [5.74, 6) is -22.5. The molecule has 0 spiro atoms. The Morgan fingerprint density at radius 3 is 1.23 bits per heavy atom. The van der Waals surface area contributed by atoms with E-state index in [0.717, 1.165) is 36.4 Å². The molecule has 8 N–H and O–H groups in total. The van der Waals surface area contributed by atoms with E-state index >= 15 is 0 Å². The second kappa shape index (κ2) is 18.4. The van der Waals surface area contributed by atoms with Crippen LogP contribution in [0.3, 0.4) is 0 Å². The Hall–Kier alpha value is -9.13. The van der Waals surface area contributed by atoms with Gasteiger partial charge in [-0.2, -0.15) is 16.8 Å². The number of phenolic OH excluding ortho intramolecular Hbond substituents is 2. The van der Waals surface area contributed by atoms with Crippen molar-refractivity contribution in [1.29, 1.82) is 0 Å². The maximum absolute atomic E-state index is 14.7. The first kappa shape index (κ1) is 49.8. The molecule has 0 bridgehead atoms. The number of hydrogen-bond donors (Lipinski definition) is 8. The van der Waals surface area contributed by atoms with E-state index in [4.69, 9.17) is 14.6 Å². The zero-order valence-corrected chi connectivity index (χ0v) is 35.7. The number of anilines is 2. The van der Waals surface area contributed by atoms with Gasteiger partial charge in [-0.25, -0.2) is 35.9 Å². The van der Waals surface area contributed by atoms with Gasteiger partial charge in [0.25, 0.3) is 32.1 Å². The highest BCUT2D eigenvalue weighted by molar-refractivity contribution is 7.86. The number of aromatic hydroxyl groups is 2. The van der Waals surface area contributed by atoms with Gasteiger partial charge in [-0.1, -0.05) is 0 Å². The normalized spacial score (nSPS) is 12.0. The molecule has 0 unspecified atom stereocenters. The molecule has 30 heteroatoms. The van der Waals surface area contributed by atoms with Gasteiger partial charge in [0.05, 0.1) is 0 Å². The van der Waals surface area contributed by atoms with Crippen molar-refractivity contribution in [2.24, 2.45) is 20.5 Å². The molecule has 0 aliphatic heterocycles. The molecule has 0 aliphatic carbocycles. The van der Waals surface area contributed by atoms with Crippen molar-refractivity contribution in [3.8, 4) is 11.5 Å². The van der Waals surface area contributed by atoms with Crippen LogP contribution >= 0.6 is 0 Å². The van der Waals surface area contributed by atoms with Crippen LogP contribution in [-0.4, -0.2) is 70.1 Å². The van der Waals surface area contributed by atoms with Crippen LogP contribution in [0.5, 0.6) is 11.5 Å². The number of benzene rings is 6. The minimum absolute atomic E-state index is 0.0748. The van der Waals surface area contributed by atoms with Crippen LogP contribution in [0.1, 0.15) is 41.8 Å². The van der Waals surface area contributed by atoms with Crippen LogP contribution in [0, 0.1) is 34.9 Å². The van der Waals surface area contributed by atoms with E-state index in [9.17, 15) is 86.5 Å². The van der Waals surface area contributed by atoms with Crippen molar-refractivity contribution >= 4 is 99.7 Å². The first-order valence-electron chi connectivity index (χ1n) is 18.6. The first-order chi connectivity index (χ1) is 33.2. The number of fused-ring (bicyclic) bond motifs is 2. The Morgan fingerprint density at radius 1 is 0.521 bits per heavy atom. The lowest BCUT2D eigenvalue weighted by Gasteiger charge is -2.12. The van der Waals surface area contributed by atoms with Crippen molar-refractivity contribution in [3.63, 3.8) is 0 Å². The zero-order chi connectivity index (χ0) is 52.2. The number of carbonyl (C=O) groups excluding carboxylic acids is 2. The Balaban J connectivity index is 1.15. The van der Waals surface area contributed by atoms with E-state index in [-0.39, 0.29) is 45.1 Å². The molecule has 0 aliphatic rings. The van der Waals surface area contributed by atoms with Gasteiger partial charge in [0.2, 0.25) is 0 Å². The van der Waals surface area contributed by atoms with Crippen molar-refractivity contribution in [2.75, 3.05) is 10.6 Å². The fraction of sp³-hybridized carbons (Fsp3) is 0. The number of amides is 2. The maximum Gasteiger partial charge on any atom is 0.341 e. The van der Waals surface area contributed by atoms with Crippen molar-refractivity contribution in [3.05, 3.63) is 141 Å². The third-order valence-corrected chi connectivity index (χ3v) is 11.3. The highest BCUT2D eigenvalue weighted by Crippen LogP contribution is 2.44. The van der Waals surface area contributed by atoms with Crippen LogP contribution in [0.15, 0.2) is 112 Å². The molecule has 7 aromatic rings. The summed E-state index contributed by atoms with van der Waals surface area (Å²) in [7, 11) is -10.7. The monoisotopic (exact) mass is 1030 g/mol. The second-order valence-electron chi connectivity index (χ2n) is 14.2. The quantitative estimate of drug-likeness (QED) is 0.0246. The highest BCUT2D eigenvalue weighted by Gasteiger charge is 2.29. The Kier molecular flexibility index (Phi) is 12.9. The van der Waals surface area contributed by atoms with Gasteiger partial charge in [-0.15, -0.1) is 20.5 Å². The molecule has 2 amide bonds. The van der Waals surface area contributed by atoms with Crippen LogP contribution in [-0.2, 0) is 20.2 Å². The van der Waals surface area contributed by atoms with E-state index in [1.165, 1.54) is 0 Å². The summed E-state index contributed by atoms with van der Waals surface area (Å²) >= 11 is 0. The first-order valence-corrected chi connectivity index (χ1v) is 21.5. The highest BCUT2D eigenvalue weighted by atomic mass is 32.2. The summed E-state index contributed by atoms with van der Waals surface area (Å²) in [6.07, 6.45) is 0. The summed E-state index contributed by atoms with van der Waals surface area (Å²) in [5.41, 5.74) is -9.68. The van der Waals surface area contributed by atoms with Crippen LogP contribution in [0.25, 0.3) is 21.5 Å². The summed E-state index contributed by atoms with van der Waals surface area (Å²) in [6.45, 7) is 0. The van der Waals surface area contributed by atoms with E-state index in [1.54, 1.807) is 0 Å². The number of carboxylic acids is 2. The molecule has 0 saturated heterocycles. The fourth-order valence-corrected chi connectivity index (χ4v) is 7.76. The van der Waals surface area contributed by atoms with Gasteiger partial charge in [0, 0.05) is 46.4 Å². The number of hydrogen-bond acceptors (Lipinski definition) is 16. The molecule has 0 radical (unpaired) electrons. The largest absolute Gasteiger partial charge is 0.505 e. The maximum atomic E-state index is 14.7. The van der Waals surface area contributed by atoms with Crippen LogP contribution < -0.4 is 16.1 Å². The molecule has 6 aromatic carbocycles. The smallest absolute Gasteiger partial charge is 0.341 e. The SMILES string of the molecule is O=C(Nc1ccc2c(O)c(N=Nc3cc(F)c(F)c(C(=O)O)c3F)c(S(=O)(=O)O)cc2c1)c1cc(=O)cc(C(=O)Nc2ccc3c(O)c(N=Nc4cc(F)c(F)c(C(=O)O)c4F)c(S(=O)(=O)O)cc3c2)o1. The Bertz CT molecular complexity index is 3660. The number of azo groups is 2. The van der Waals surface area contributed by atoms with Crippen molar-refractivity contribution < 1.29 is 96.3 Å². The van der Waals surface area contributed by atoms with E-state index in [1.807, 2.05) is 0 Å². The average Bonchev–Trinajstić information content (AvgIpc) is 3.27. The Labute approximate surface area is 388 Å². The van der Waals surface area contributed by atoms with Crippen LogP contribution in [0.4, 0.5) is 60.5 Å². The molecular formula is C41H20F6N6O16S2. The predicted octanol–water partition coefficient (Wildman–Crippen LogP) is 8.42. The topological polar surface area (TPSA) is 362 Å². The molecule has 1 heterocycles. The van der Waals surface area contributed by atoms with E-state index < -0.39 is 151 Å². The zero-order valence-electron chi connectivity index (χ0n) is 34.1. The lowest BCUT2D eigenvalue weighted by atomic mass is 10.1.